The van der Waals surface area contributed by atoms with Crippen LogP contribution in [0.25, 0.3) is 0 Å². The van der Waals surface area contributed by atoms with E-state index in [4.69, 9.17) is 11.2 Å². The molecule has 4 nitrogen and oxygen atoms in total. The van der Waals surface area contributed by atoms with E-state index in [0.29, 0.717) is 11.3 Å². The van der Waals surface area contributed by atoms with E-state index < -0.39 is 24.6 Å². The van der Waals surface area contributed by atoms with Crippen molar-refractivity contribution in [2.45, 2.75) is 24.6 Å². The highest BCUT2D eigenvalue weighted by Gasteiger charge is 2.54. The van der Waals surface area contributed by atoms with E-state index in [1.807, 2.05) is 0 Å². The Bertz CT molecular complexity index is 596. The molecule has 1 saturated heterocycles. The van der Waals surface area contributed by atoms with Crippen molar-refractivity contribution in [3.05, 3.63) is 29.8 Å². The van der Waals surface area contributed by atoms with Crippen molar-refractivity contribution < 1.29 is 27.8 Å². The Morgan fingerprint density at radius 1 is 1.30 bits per heavy atom. The highest BCUT2D eigenvalue weighted by molar-refractivity contribution is 5.94. The summed E-state index contributed by atoms with van der Waals surface area (Å²) >= 11 is 0. The number of terminal acetylenes is 1. The standard InChI is InChI=1S/C16H16F3NO3/c1-2-11-23-13-5-3-12(4-6-13)14(21)20-9-7-15(22,8-10-20)16(17,18)19/h1,3-6,22H,7-11H2. The summed E-state index contributed by atoms with van der Waals surface area (Å²) in [5, 5.41) is 9.60. The molecule has 2 rings (SSSR count). The van der Waals surface area contributed by atoms with Crippen molar-refractivity contribution in [1.29, 1.82) is 0 Å². The number of amides is 1. The van der Waals surface area contributed by atoms with E-state index in [9.17, 15) is 23.1 Å². The molecule has 23 heavy (non-hydrogen) atoms. The third-order valence-electron chi connectivity index (χ3n) is 3.83. The van der Waals surface area contributed by atoms with Gasteiger partial charge in [-0.3, -0.25) is 4.79 Å². The minimum Gasteiger partial charge on any atom is -0.481 e. The maximum absolute atomic E-state index is 12.7. The van der Waals surface area contributed by atoms with Crippen molar-refractivity contribution in [3.63, 3.8) is 0 Å². The molecule has 0 saturated carbocycles. The Kier molecular flexibility index (Phi) is 4.85. The molecule has 0 bridgehead atoms. The number of carbonyl (C=O) groups excluding carboxylic acids is 1. The Morgan fingerprint density at radius 3 is 2.35 bits per heavy atom. The van der Waals surface area contributed by atoms with E-state index in [1.54, 1.807) is 12.1 Å². The first-order valence-electron chi connectivity index (χ1n) is 7.01. The lowest BCUT2D eigenvalue weighted by Gasteiger charge is -2.39. The number of benzene rings is 1. The second-order valence-corrected chi connectivity index (χ2v) is 5.34. The molecule has 0 unspecified atom stereocenters. The summed E-state index contributed by atoms with van der Waals surface area (Å²) in [6.45, 7) is -0.191. The molecular formula is C16H16F3NO3. The average molecular weight is 327 g/mol. The molecule has 1 aliphatic heterocycles. The summed E-state index contributed by atoms with van der Waals surface area (Å²) in [4.78, 5) is 13.6. The zero-order valence-corrected chi connectivity index (χ0v) is 12.3. The van der Waals surface area contributed by atoms with E-state index >= 15 is 0 Å². The van der Waals surface area contributed by atoms with Crippen LogP contribution < -0.4 is 4.74 Å². The van der Waals surface area contributed by atoms with Gasteiger partial charge in [0.2, 0.25) is 0 Å². The summed E-state index contributed by atoms with van der Waals surface area (Å²) in [5.41, 5.74) is -2.37. The number of halogens is 3. The van der Waals surface area contributed by atoms with Gasteiger partial charge < -0.3 is 14.7 Å². The van der Waals surface area contributed by atoms with Crippen LogP contribution in [0, 0.1) is 12.3 Å². The average Bonchev–Trinajstić information content (AvgIpc) is 2.52. The van der Waals surface area contributed by atoms with Crippen molar-refractivity contribution in [2.75, 3.05) is 19.7 Å². The number of nitrogens with zero attached hydrogens (tertiary/aromatic N) is 1. The summed E-state index contributed by atoms with van der Waals surface area (Å²) < 4.78 is 43.4. The van der Waals surface area contributed by atoms with Crippen LogP contribution in [-0.4, -0.2) is 47.4 Å². The molecule has 0 atom stereocenters. The van der Waals surface area contributed by atoms with Crippen molar-refractivity contribution in [1.82, 2.24) is 4.90 Å². The first-order chi connectivity index (χ1) is 10.8. The number of piperidine rings is 1. The van der Waals surface area contributed by atoms with Crippen LogP contribution in [0.2, 0.25) is 0 Å². The zero-order valence-electron chi connectivity index (χ0n) is 12.3. The molecule has 1 aromatic rings. The molecule has 0 radical (unpaired) electrons. The number of ether oxygens (including phenoxy) is 1. The number of carbonyl (C=O) groups is 1. The second-order valence-electron chi connectivity index (χ2n) is 5.34. The Labute approximate surface area is 131 Å². The molecule has 0 aromatic heterocycles. The molecule has 1 aliphatic rings. The SMILES string of the molecule is C#CCOc1ccc(C(=O)N2CCC(O)(C(F)(F)F)CC2)cc1. The van der Waals surface area contributed by atoms with Crippen LogP contribution in [0.3, 0.4) is 0 Å². The highest BCUT2D eigenvalue weighted by Crippen LogP contribution is 2.38. The maximum Gasteiger partial charge on any atom is 0.417 e. The zero-order chi connectivity index (χ0) is 17.1. The van der Waals surface area contributed by atoms with Crippen LogP contribution in [0.15, 0.2) is 24.3 Å². The third-order valence-corrected chi connectivity index (χ3v) is 3.83. The lowest BCUT2D eigenvalue weighted by Crippen LogP contribution is -2.54. The molecule has 1 amide bonds. The van der Waals surface area contributed by atoms with Crippen molar-refractivity contribution >= 4 is 5.91 Å². The molecule has 1 aromatic carbocycles. The molecule has 7 heteroatoms. The smallest absolute Gasteiger partial charge is 0.417 e. The van der Waals surface area contributed by atoms with E-state index in [2.05, 4.69) is 5.92 Å². The van der Waals surface area contributed by atoms with Crippen LogP contribution in [0.1, 0.15) is 23.2 Å². The van der Waals surface area contributed by atoms with Gasteiger partial charge in [0.25, 0.3) is 5.91 Å². The van der Waals surface area contributed by atoms with Crippen molar-refractivity contribution in [2.24, 2.45) is 0 Å². The van der Waals surface area contributed by atoms with Gasteiger partial charge in [0.15, 0.2) is 5.60 Å². The highest BCUT2D eigenvalue weighted by atomic mass is 19.4. The lowest BCUT2D eigenvalue weighted by molar-refractivity contribution is -0.271. The predicted molar refractivity (Wildman–Crippen MR) is 76.9 cm³/mol. The van der Waals surface area contributed by atoms with Gasteiger partial charge in [-0.15, -0.1) is 6.42 Å². The summed E-state index contributed by atoms with van der Waals surface area (Å²) in [7, 11) is 0. The quantitative estimate of drug-likeness (QED) is 0.866. The molecule has 1 N–H and O–H groups in total. The van der Waals surface area contributed by atoms with Gasteiger partial charge in [0.1, 0.15) is 12.4 Å². The van der Waals surface area contributed by atoms with Crippen LogP contribution in [0.4, 0.5) is 13.2 Å². The van der Waals surface area contributed by atoms with Gasteiger partial charge in [-0.25, -0.2) is 0 Å². The normalized spacial score (nSPS) is 17.4. The van der Waals surface area contributed by atoms with Gasteiger partial charge in [0, 0.05) is 31.5 Å². The Hall–Kier alpha value is -2.20. The van der Waals surface area contributed by atoms with Gasteiger partial charge >= 0.3 is 6.18 Å². The number of hydrogen-bond acceptors (Lipinski definition) is 3. The number of aliphatic hydroxyl groups is 1. The number of likely N-dealkylation sites (tertiary alicyclic amines) is 1. The monoisotopic (exact) mass is 327 g/mol. The van der Waals surface area contributed by atoms with Gasteiger partial charge in [0.05, 0.1) is 0 Å². The van der Waals surface area contributed by atoms with Crippen LogP contribution in [0.5, 0.6) is 5.75 Å². The van der Waals surface area contributed by atoms with Gasteiger partial charge in [-0.05, 0) is 24.3 Å². The second kappa shape index (κ2) is 6.50. The molecule has 0 spiro atoms. The Morgan fingerprint density at radius 2 is 1.87 bits per heavy atom. The number of alkyl halides is 3. The largest absolute Gasteiger partial charge is 0.481 e. The van der Waals surface area contributed by atoms with Gasteiger partial charge in [-0.1, -0.05) is 5.92 Å². The fourth-order valence-electron chi connectivity index (χ4n) is 2.36. The Balaban J connectivity index is 1.99. The summed E-state index contributed by atoms with van der Waals surface area (Å²) in [6.07, 6.45) is -0.659. The summed E-state index contributed by atoms with van der Waals surface area (Å²) in [6, 6.07) is 6.19. The molecular weight excluding hydrogens is 311 g/mol. The fourth-order valence-corrected chi connectivity index (χ4v) is 2.36. The minimum atomic E-state index is -4.68. The molecule has 124 valence electrons. The third kappa shape index (κ3) is 3.77. The topological polar surface area (TPSA) is 49.8 Å². The van der Waals surface area contributed by atoms with E-state index in [1.165, 1.54) is 17.0 Å². The molecule has 1 fully saturated rings. The van der Waals surface area contributed by atoms with Crippen molar-refractivity contribution in [3.8, 4) is 18.1 Å². The predicted octanol–water partition coefficient (Wildman–Crippen LogP) is 2.23. The summed E-state index contributed by atoms with van der Waals surface area (Å²) in [5.74, 6) is 2.44. The van der Waals surface area contributed by atoms with Gasteiger partial charge in [-0.2, -0.15) is 13.2 Å². The fraction of sp³-hybridized carbons (Fsp3) is 0.438. The number of rotatable bonds is 3. The van der Waals surface area contributed by atoms with Crippen LogP contribution in [-0.2, 0) is 0 Å². The minimum absolute atomic E-state index is 0.107. The number of hydrogen-bond donors (Lipinski definition) is 1. The first-order valence-corrected chi connectivity index (χ1v) is 7.01. The van der Waals surface area contributed by atoms with E-state index in [-0.39, 0.29) is 25.6 Å². The molecule has 1 heterocycles. The lowest BCUT2D eigenvalue weighted by atomic mass is 9.90. The van der Waals surface area contributed by atoms with Crippen LogP contribution >= 0.6 is 0 Å². The molecule has 0 aliphatic carbocycles. The maximum atomic E-state index is 12.7. The first kappa shape index (κ1) is 17.2. The van der Waals surface area contributed by atoms with E-state index in [0.717, 1.165) is 0 Å².